The Morgan fingerprint density at radius 2 is 1.82 bits per heavy atom. The molecular formula is C13H20O4. The van der Waals surface area contributed by atoms with Gasteiger partial charge in [-0.2, -0.15) is 0 Å². The monoisotopic (exact) mass is 240 g/mol. The molecule has 1 atom stereocenters. The third-order valence-corrected chi connectivity index (χ3v) is 2.47. The lowest BCUT2D eigenvalue weighted by Gasteiger charge is -2.29. The number of allylic oxidation sites excluding steroid dienone is 1. The summed E-state index contributed by atoms with van der Waals surface area (Å²) >= 11 is 0. The fraction of sp³-hybridized carbons (Fsp3) is 0.538. The summed E-state index contributed by atoms with van der Waals surface area (Å²) in [4.78, 5) is 22.0. The Kier molecular flexibility index (Phi) is 6.61. The van der Waals surface area contributed by atoms with Gasteiger partial charge in [-0.05, 0) is 12.2 Å². The maximum atomic E-state index is 11.1. The van der Waals surface area contributed by atoms with Crippen LogP contribution in [0, 0.1) is 5.41 Å². The van der Waals surface area contributed by atoms with Crippen LogP contribution in [0.5, 0.6) is 0 Å². The summed E-state index contributed by atoms with van der Waals surface area (Å²) < 4.78 is 5.17. The van der Waals surface area contributed by atoms with Crippen LogP contribution in [0.4, 0.5) is 0 Å². The second-order valence-corrected chi connectivity index (χ2v) is 4.54. The van der Waals surface area contributed by atoms with Crippen molar-refractivity contribution in [2.75, 3.05) is 13.2 Å². The Morgan fingerprint density at radius 3 is 2.29 bits per heavy atom. The van der Waals surface area contributed by atoms with E-state index in [2.05, 4.69) is 13.2 Å². The Morgan fingerprint density at radius 1 is 1.29 bits per heavy atom. The molecule has 0 amide bonds. The van der Waals surface area contributed by atoms with Crippen molar-refractivity contribution in [3.63, 3.8) is 0 Å². The number of carbonyl (C=O) groups excluding carboxylic acids is 2. The van der Waals surface area contributed by atoms with Gasteiger partial charge in [-0.25, -0.2) is 0 Å². The van der Waals surface area contributed by atoms with Crippen molar-refractivity contribution in [3.05, 3.63) is 25.3 Å². The summed E-state index contributed by atoms with van der Waals surface area (Å²) in [6.07, 6.45) is 1.55. The maximum Gasteiger partial charge on any atom is 0.180 e. The SMILES string of the molecule is C=CC(=O)COCC(C)(C)C(O)CC(=O)C=C. The van der Waals surface area contributed by atoms with Gasteiger partial charge in [0.15, 0.2) is 11.6 Å². The Labute approximate surface area is 102 Å². The normalized spacial score (nSPS) is 12.9. The summed E-state index contributed by atoms with van der Waals surface area (Å²) in [6, 6.07) is 0. The number of hydrogen-bond acceptors (Lipinski definition) is 4. The molecule has 0 saturated carbocycles. The first-order valence-corrected chi connectivity index (χ1v) is 5.40. The lowest BCUT2D eigenvalue weighted by atomic mass is 9.85. The molecule has 4 heteroatoms. The van der Waals surface area contributed by atoms with E-state index in [0.717, 1.165) is 0 Å². The molecular weight excluding hydrogens is 220 g/mol. The van der Waals surface area contributed by atoms with Crippen LogP contribution in [-0.4, -0.2) is 36.0 Å². The Balaban J connectivity index is 4.16. The predicted octanol–water partition coefficient (Wildman–Crippen LogP) is 1.29. The summed E-state index contributed by atoms with van der Waals surface area (Å²) in [7, 11) is 0. The van der Waals surface area contributed by atoms with Crippen molar-refractivity contribution < 1.29 is 19.4 Å². The van der Waals surface area contributed by atoms with E-state index in [0.29, 0.717) is 0 Å². The second-order valence-electron chi connectivity index (χ2n) is 4.54. The summed E-state index contributed by atoms with van der Waals surface area (Å²) in [5.74, 6) is -0.426. The van der Waals surface area contributed by atoms with Gasteiger partial charge in [0.2, 0.25) is 0 Å². The third-order valence-electron chi connectivity index (χ3n) is 2.47. The highest BCUT2D eigenvalue weighted by atomic mass is 16.5. The molecule has 0 saturated heterocycles. The zero-order chi connectivity index (χ0) is 13.5. The van der Waals surface area contributed by atoms with Crippen LogP contribution in [0.3, 0.4) is 0 Å². The first-order valence-electron chi connectivity index (χ1n) is 5.40. The van der Waals surface area contributed by atoms with E-state index in [1.165, 1.54) is 12.2 Å². The van der Waals surface area contributed by atoms with E-state index in [9.17, 15) is 14.7 Å². The standard InChI is InChI=1S/C13H20O4/c1-5-10(14)7-12(16)13(3,4)9-17-8-11(15)6-2/h5-6,12,16H,1-2,7-9H2,3-4H3. The van der Waals surface area contributed by atoms with E-state index in [1.807, 2.05) is 0 Å². The molecule has 0 aromatic heterocycles. The van der Waals surface area contributed by atoms with Gasteiger partial charge in [0.05, 0.1) is 12.7 Å². The number of rotatable bonds is 9. The molecule has 4 nitrogen and oxygen atoms in total. The maximum absolute atomic E-state index is 11.1. The highest BCUT2D eigenvalue weighted by Crippen LogP contribution is 2.23. The molecule has 0 aliphatic heterocycles. The van der Waals surface area contributed by atoms with Crippen LogP contribution in [0.1, 0.15) is 20.3 Å². The molecule has 0 fully saturated rings. The average Bonchev–Trinajstić information content (AvgIpc) is 2.28. The lowest BCUT2D eigenvalue weighted by Crippen LogP contribution is -2.35. The zero-order valence-electron chi connectivity index (χ0n) is 10.4. The average molecular weight is 240 g/mol. The van der Waals surface area contributed by atoms with Crippen LogP contribution in [0.2, 0.25) is 0 Å². The van der Waals surface area contributed by atoms with E-state index in [4.69, 9.17) is 4.74 Å². The number of ether oxygens (including phenoxy) is 1. The fourth-order valence-electron chi connectivity index (χ4n) is 1.12. The molecule has 0 radical (unpaired) electrons. The van der Waals surface area contributed by atoms with Crippen LogP contribution in [0.15, 0.2) is 25.3 Å². The number of ketones is 2. The smallest absolute Gasteiger partial charge is 0.180 e. The minimum absolute atomic E-state index is 0.00919. The van der Waals surface area contributed by atoms with Crippen LogP contribution in [0.25, 0.3) is 0 Å². The van der Waals surface area contributed by atoms with Crippen molar-refractivity contribution in [3.8, 4) is 0 Å². The molecule has 0 aliphatic carbocycles. The molecule has 0 aromatic rings. The summed E-state index contributed by atoms with van der Waals surface area (Å²) in [6.45, 7) is 10.3. The van der Waals surface area contributed by atoms with E-state index in [1.54, 1.807) is 13.8 Å². The first kappa shape index (κ1) is 15.7. The predicted molar refractivity (Wildman–Crippen MR) is 65.6 cm³/mol. The molecule has 0 aromatic carbocycles. The van der Waals surface area contributed by atoms with Gasteiger partial charge in [-0.15, -0.1) is 0 Å². The summed E-state index contributed by atoms with van der Waals surface area (Å²) in [5, 5.41) is 9.85. The van der Waals surface area contributed by atoms with Crippen LogP contribution >= 0.6 is 0 Å². The number of carbonyl (C=O) groups is 2. The van der Waals surface area contributed by atoms with Gasteiger partial charge in [-0.3, -0.25) is 9.59 Å². The van der Waals surface area contributed by atoms with E-state index in [-0.39, 0.29) is 31.2 Å². The van der Waals surface area contributed by atoms with Gasteiger partial charge < -0.3 is 9.84 Å². The third kappa shape index (κ3) is 6.14. The number of hydrogen-bond donors (Lipinski definition) is 1. The largest absolute Gasteiger partial charge is 0.392 e. The molecule has 0 rings (SSSR count). The molecule has 17 heavy (non-hydrogen) atoms. The summed E-state index contributed by atoms with van der Waals surface area (Å²) in [5.41, 5.74) is -0.597. The van der Waals surface area contributed by atoms with Gasteiger partial charge in [0, 0.05) is 11.8 Å². The van der Waals surface area contributed by atoms with Gasteiger partial charge in [0.1, 0.15) is 6.61 Å². The molecule has 1 unspecified atom stereocenters. The molecule has 1 N–H and O–H groups in total. The topological polar surface area (TPSA) is 63.6 Å². The lowest BCUT2D eigenvalue weighted by molar-refractivity contribution is -0.124. The molecule has 0 heterocycles. The van der Waals surface area contributed by atoms with Gasteiger partial charge in [0.25, 0.3) is 0 Å². The van der Waals surface area contributed by atoms with Gasteiger partial charge in [-0.1, -0.05) is 27.0 Å². The van der Waals surface area contributed by atoms with Crippen molar-refractivity contribution >= 4 is 11.6 Å². The highest BCUT2D eigenvalue weighted by Gasteiger charge is 2.29. The van der Waals surface area contributed by atoms with E-state index >= 15 is 0 Å². The van der Waals surface area contributed by atoms with Crippen molar-refractivity contribution in [2.45, 2.75) is 26.4 Å². The Hall–Kier alpha value is -1.26. The quantitative estimate of drug-likeness (QED) is 0.617. The minimum Gasteiger partial charge on any atom is -0.392 e. The molecule has 0 spiro atoms. The van der Waals surface area contributed by atoms with Crippen molar-refractivity contribution in [2.24, 2.45) is 5.41 Å². The second kappa shape index (κ2) is 7.14. The minimum atomic E-state index is -0.827. The fourth-order valence-corrected chi connectivity index (χ4v) is 1.12. The molecule has 96 valence electrons. The van der Waals surface area contributed by atoms with Crippen molar-refractivity contribution in [1.82, 2.24) is 0 Å². The highest BCUT2D eigenvalue weighted by molar-refractivity contribution is 5.90. The van der Waals surface area contributed by atoms with Crippen LogP contribution < -0.4 is 0 Å². The Bertz CT molecular complexity index is 305. The first-order chi connectivity index (χ1) is 7.83. The van der Waals surface area contributed by atoms with E-state index < -0.39 is 11.5 Å². The number of aliphatic hydroxyl groups is 1. The van der Waals surface area contributed by atoms with Crippen molar-refractivity contribution in [1.29, 1.82) is 0 Å². The van der Waals surface area contributed by atoms with Crippen LogP contribution in [-0.2, 0) is 14.3 Å². The zero-order valence-corrected chi connectivity index (χ0v) is 10.4. The molecule has 0 aliphatic rings. The molecule has 0 bridgehead atoms. The number of aliphatic hydroxyl groups excluding tert-OH is 1. The van der Waals surface area contributed by atoms with Gasteiger partial charge >= 0.3 is 0 Å².